The molecule has 1 atom stereocenters. The number of aliphatic hydroxyl groups is 1. The van der Waals surface area contributed by atoms with Crippen molar-refractivity contribution in [3.63, 3.8) is 0 Å². The van der Waals surface area contributed by atoms with E-state index in [0.29, 0.717) is 12.3 Å². The van der Waals surface area contributed by atoms with Crippen LogP contribution in [0.2, 0.25) is 0 Å². The van der Waals surface area contributed by atoms with E-state index >= 15 is 0 Å². The molecule has 0 spiro atoms. The highest BCUT2D eigenvalue weighted by Gasteiger charge is 2.22. The Morgan fingerprint density at radius 3 is 2.63 bits per heavy atom. The van der Waals surface area contributed by atoms with Crippen LogP contribution in [-0.2, 0) is 13.0 Å². The fraction of sp³-hybridized carbons (Fsp3) is 0.455. The lowest BCUT2D eigenvalue weighted by Crippen LogP contribution is -2.35. The first-order chi connectivity index (χ1) is 13.2. The number of hydrogen-bond donors (Lipinski definition) is 1. The van der Waals surface area contributed by atoms with Gasteiger partial charge in [-0.3, -0.25) is 4.90 Å². The monoisotopic (exact) mass is 375 g/mol. The SMILES string of the molecule is OCCOc1ccccc1CN1CCCC(CCc2c(F)cccc2F)C1. The van der Waals surface area contributed by atoms with Crippen molar-refractivity contribution >= 4 is 0 Å². The Morgan fingerprint density at radius 1 is 1.07 bits per heavy atom. The van der Waals surface area contributed by atoms with Crippen LogP contribution < -0.4 is 4.74 Å². The Bertz CT molecular complexity index is 718. The van der Waals surface area contributed by atoms with Crippen LogP contribution in [0.5, 0.6) is 5.75 Å². The minimum Gasteiger partial charge on any atom is -0.491 e. The number of piperidine rings is 1. The zero-order valence-corrected chi connectivity index (χ0v) is 15.5. The van der Waals surface area contributed by atoms with Crippen molar-refractivity contribution in [3.05, 3.63) is 65.2 Å². The third-order valence-corrected chi connectivity index (χ3v) is 5.18. The predicted molar refractivity (Wildman–Crippen MR) is 102 cm³/mol. The van der Waals surface area contributed by atoms with Crippen LogP contribution in [0.1, 0.15) is 30.4 Å². The first-order valence-corrected chi connectivity index (χ1v) is 9.64. The van der Waals surface area contributed by atoms with Gasteiger partial charge in [-0.25, -0.2) is 8.78 Å². The Morgan fingerprint density at radius 2 is 1.85 bits per heavy atom. The summed E-state index contributed by atoms with van der Waals surface area (Å²) in [5.74, 6) is 0.348. The van der Waals surface area contributed by atoms with E-state index in [1.54, 1.807) is 0 Å². The molecule has 0 radical (unpaired) electrons. The van der Waals surface area contributed by atoms with Gasteiger partial charge >= 0.3 is 0 Å². The highest BCUT2D eigenvalue weighted by Crippen LogP contribution is 2.26. The molecule has 1 N–H and O–H groups in total. The number of ether oxygens (including phenoxy) is 1. The third kappa shape index (κ3) is 5.50. The molecule has 27 heavy (non-hydrogen) atoms. The number of halogens is 2. The number of benzene rings is 2. The molecule has 0 aromatic heterocycles. The largest absolute Gasteiger partial charge is 0.491 e. The Hall–Kier alpha value is -1.98. The predicted octanol–water partition coefficient (Wildman–Crippen LogP) is 4.18. The molecule has 1 fully saturated rings. The molecule has 0 aliphatic carbocycles. The summed E-state index contributed by atoms with van der Waals surface area (Å²) >= 11 is 0. The summed E-state index contributed by atoms with van der Waals surface area (Å²) in [7, 11) is 0. The van der Waals surface area contributed by atoms with Crippen LogP contribution in [0.25, 0.3) is 0 Å². The highest BCUT2D eigenvalue weighted by molar-refractivity contribution is 5.33. The Balaban J connectivity index is 1.57. The number of rotatable bonds is 8. The number of hydrogen-bond acceptors (Lipinski definition) is 3. The third-order valence-electron chi connectivity index (χ3n) is 5.18. The quantitative estimate of drug-likeness (QED) is 0.751. The first kappa shape index (κ1) is 19.8. The molecule has 3 rings (SSSR count). The van der Waals surface area contributed by atoms with E-state index in [2.05, 4.69) is 4.90 Å². The number of likely N-dealkylation sites (tertiary alicyclic amines) is 1. The smallest absolute Gasteiger partial charge is 0.129 e. The molecule has 5 heteroatoms. The van der Waals surface area contributed by atoms with E-state index in [1.807, 2.05) is 24.3 Å². The standard InChI is InChI=1S/C22H27F2NO2/c23-20-7-3-8-21(24)19(20)11-10-17-5-4-12-25(15-17)16-18-6-1-2-9-22(18)27-14-13-26/h1-3,6-9,17,26H,4-5,10-16H2. The van der Waals surface area contributed by atoms with Gasteiger partial charge in [-0.15, -0.1) is 0 Å². The first-order valence-electron chi connectivity index (χ1n) is 9.64. The molecule has 0 saturated carbocycles. The molecular weight excluding hydrogens is 348 g/mol. The summed E-state index contributed by atoms with van der Waals surface area (Å²) in [4.78, 5) is 2.38. The molecule has 0 bridgehead atoms. The fourth-order valence-electron chi connectivity index (χ4n) is 3.82. The van der Waals surface area contributed by atoms with Gasteiger partial charge in [0.05, 0.1) is 6.61 Å². The molecule has 2 aromatic carbocycles. The van der Waals surface area contributed by atoms with Crippen molar-refractivity contribution in [2.45, 2.75) is 32.2 Å². The Labute approximate surface area is 159 Å². The maximum atomic E-state index is 13.8. The van der Waals surface area contributed by atoms with Gasteiger partial charge in [-0.1, -0.05) is 24.3 Å². The molecule has 1 saturated heterocycles. The molecule has 1 aliphatic rings. The molecule has 1 unspecified atom stereocenters. The molecular formula is C22H27F2NO2. The Kier molecular flexibility index (Phi) is 7.18. The van der Waals surface area contributed by atoms with E-state index in [-0.39, 0.29) is 18.8 Å². The van der Waals surface area contributed by atoms with E-state index in [4.69, 9.17) is 9.84 Å². The topological polar surface area (TPSA) is 32.7 Å². The highest BCUT2D eigenvalue weighted by atomic mass is 19.1. The summed E-state index contributed by atoms with van der Waals surface area (Å²) in [6.07, 6.45) is 3.41. The van der Waals surface area contributed by atoms with Crippen LogP contribution >= 0.6 is 0 Å². The van der Waals surface area contributed by atoms with Gasteiger partial charge in [0, 0.05) is 24.2 Å². The zero-order chi connectivity index (χ0) is 19.1. The maximum absolute atomic E-state index is 13.8. The van der Waals surface area contributed by atoms with Gasteiger partial charge in [0.2, 0.25) is 0 Å². The molecule has 0 amide bonds. The molecule has 3 nitrogen and oxygen atoms in total. The van der Waals surface area contributed by atoms with Crippen molar-refractivity contribution in [2.24, 2.45) is 5.92 Å². The van der Waals surface area contributed by atoms with Crippen molar-refractivity contribution in [1.29, 1.82) is 0 Å². The van der Waals surface area contributed by atoms with E-state index in [0.717, 1.165) is 50.2 Å². The number of nitrogens with zero attached hydrogens (tertiary/aromatic N) is 1. The van der Waals surface area contributed by atoms with Crippen molar-refractivity contribution in [2.75, 3.05) is 26.3 Å². The van der Waals surface area contributed by atoms with Gasteiger partial charge in [0.25, 0.3) is 0 Å². The van der Waals surface area contributed by atoms with Crippen LogP contribution in [0.15, 0.2) is 42.5 Å². The lowest BCUT2D eigenvalue weighted by atomic mass is 9.91. The maximum Gasteiger partial charge on any atom is 0.129 e. The lowest BCUT2D eigenvalue weighted by Gasteiger charge is -2.33. The van der Waals surface area contributed by atoms with Gasteiger partial charge < -0.3 is 9.84 Å². The summed E-state index contributed by atoms with van der Waals surface area (Å²) in [5, 5.41) is 8.98. The minimum atomic E-state index is -0.447. The molecule has 1 heterocycles. The second-order valence-electron chi connectivity index (χ2n) is 7.16. The lowest BCUT2D eigenvalue weighted by molar-refractivity contribution is 0.157. The van der Waals surface area contributed by atoms with Crippen LogP contribution in [0.4, 0.5) is 8.78 Å². The van der Waals surface area contributed by atoms with Crippen molar-refractivity contribution in [1.82, 2.24) is 4.90 Å². The molecule has 146 valence electrons. The van der Waals surface area contributed by atoms with Crippen LogP contribution in [-0.4, -0.2) is 36.3 Å². The summed E-state index contributed by atoms with van der Waals surface area (Å²) < 4.78 is 33.3. The van der Waals surface area contributed by atoms with E-state index in [9.17, 15) is 8.78 Å². The van der Waals surface area contributed by atoms with Gasteiger partial charge in [-0.2, -0.15) is 0 Å². The minimum absolute atomic E-state index is 0.00721. The zero-order valence-electron chi connectivity index (χ0n) is 15.5. The van der Waals surface area contributed by atoms with E-state index < -0.39 is 11.6 Å². The average Bonchev–Trinajstić information content (AvgIpc) is 2.67. The normalized spacial score (nSPS) is 17.8. The van der Waals surface area contributed by atoms with Gasteiger partial charge in [-0.05, 0) is 56.3 Å². The second kappa shape index (κ2) is 9.81. The summed E-state index contributed by atoms with van der Waals surface area (Å²) in [6.45, 7) is 3.00. The molecule has 2 aromatic rings. The van der Waals surface area contributed by atoms with Crippen molar-refractivity contribution in [3.8, 4) is 5.75 Å². The summed E-state index contributed by atoms with van der Waals surface area (Å²) in [5.41, 5.74) is 1.31. The number of aliphatic hydroxyl groups excluding tert-OH is 1. The van der Waals surface area contributed by atoms with Gasteiger partial charge in [0.1, 0.15) is 24.0 Å². The van der Waals surface area contributed by atoms with Gasteiger partial charge in [0.15, 0.2) is 0 Å². The average molecular weight is 375 g/mol. The summed E-state index contributed by atoms with van der Waals surface area (Å²) in [6, 6.07) is 12.0. The van der Waals surface area contributed by atoms with E-state index in [1.165, 1.54) is 18.2 Å². The van der Waals surface area contributed by atoms with Crippen LogP contribution in [0.3, 0.4) is 0 Å². The number of para-hydroxylation sites is 1. The fourth-order valence-corrected chi connectivity index (χ4v) is 3.82. The van der Waals surface area contributed by atoms with Crippen LogP contribution in [0, 0.1) is 17.6 Å². The van der Waals surface area contributed by atoms with Crippen molar-refractivity contribution < 1.29 is 18.6 Å². The second-order valence-corrected chi connectivity index (χ2v) is 7.16. The molecule has 1 aliphatic heterocycles.